The first-order chi connectivity index (χ1) is 11.7. The van der Waals surface area contributed by atoms with Gasteiger partial charge in [-0.05, 0) is 43.5 Å². The molecular weight excluding hydrogens is 304 g/mol. The lowest BCUT2D eigenvalue weighted by molar-refractivity contribution is 0.174. The standard InChI is InChI=1S/C14H19NO2.C5H5NO/c1-10(15-12-4-2-3-5-12)11-6-7-13-14(8-11)17-9-16-13;7-5-3-1-2-4-6-5/h6-8,10,12,15H,2-5,9H2,1H3;1-4H,(H,6,7). The zero-order chi connectivity index (χ0) is 16.8. The lowest BCUT2D eigenvalue weighted by Gasteiger charge is -2.19. The molecular formula is C19H24N2O3. The number of ether oxygens (including phenoxy) is 2. The number of nitrogens with one attached hydrogen (secondary N) is 2. The minimum Gasteiger partial charge on any atom is -0.454 e. The summed E-state index contributed by atoms with van der Waals surface area (Å²) >= 11 is 0. The fraction of sp³-hybridized carbons (Fsp3) is 0.421. The third-order valence-electron chi connectivity index (χ3n) is 4.42. The van der Waals surface area contributed by atoms with Gasteiger partial charge in [-0.15, -0.1) is 0 Å². The molecule has 1 fully saturated rings. The van der Waals surface area contributed by atoms with Crippen LogP contribution >= 0.6 is 0 Å². The molecule has 1 aliphatic heterocycles. The first-order valence-electron chi connectivity index (χ1n) is 8.51. The molecule has 0 spiro atoms. The summed E-state index contributed by atoms with van der Waals surface area (Å²) in [4.78, 5) is 12.7. The fourth-order valence-electron chi connectivity index (χ4n) is 3.10. The molecule has 2 aromatic rings. The molecule has 5 heteroatoms. The van der Waals surface area contributed by atoms with E-state index in [1.807, 2.05) is 6.07 Å². The third-order valence-corrected chi connectivity index (χ3v) is 4.42. The maximum absolute atomic E-state index is 10.2. The first kappa shape index (κ1) is 16.6. The van der Waals surface area contributed by atoms with Gasteiger partial charge >= 0.3 is 0 Å². The molecule has 2 heterocycles. The Kier molecular flexibility index (Phi) is 5.54. The topological polar surface area (TPSA) is 63.4 Å². The van der Waals surface area contributed by atoms with Crippen molar-refractivity contribution in [3.63, 3.8) is 0 Å². The first-order valence-corrected chi connectivity index (χ1v) is 8.51. The molecule has 1 aliphatic carbocycles. The van der Waals surface area contributed by atoms with Gasteiger partial charge in [0.05, 0.1) is 0 Å². The second kappa shape index (κ2) is 8.02. The average molecular weight is 328 g/mol. The molecule has 1 unspecified atom stereocenters. The van der Waals surface area contributed by atoms with Crippen LogP contribution in [0, 0.1) is 0 Å². The lowest BCUT2D eigenvalue weighted by Crippen LogP contribution is -2.28. The molecule has 0 saturated heterocycles. The highest BCUT2D eigenvalue weighted by atomic mass is 16.7. The zero-order valence-electron chi connectivity index (χ0n) is 14.0. The molecule has 1 aromatic heterocycles. The van der Waals surface area contributed by atoms with Crippen molar-refractivity contribution in [1.29, 1.82) is 0 Å². The normalized spacial score (nSPS) is 17.2. The number of rotatable bonds is 3. The van der Waals surface area contributed by atoms with Gasteiger partial charge in [-0.25, -0.2) is 0 Å². The summed E-state index contributed by atoms with van der Waals surface area (Å²) in [7, 11) is 0. The SMILES string of the molecule is CC(NC1CCCC1)c1ccc2c(c1)OCO2.O=c1cccc[nH]1. The van der Waals surface area contributed by atoms with E-state index in [0.29, 0.717) is 18.9 Å². The molecule has 1 aromatic carbocycles. The number of H-pyrrole nitrogens is 1. The largest absolute Gasteiger partial charge is 0.454 e. The third kappa shape index (κ3) is 4.38. The maximum atomic E-state index is 10.2. The molecule has 0 radical (unpaired) electrons. The Morgan fingerprint density at radius 2 is 1.92 bits per heavy atom. The van der Waals surface area contributed by atoms with Gasteiger partial charge in [0.15, 0.2) is 11.5 Å². The minimum atomic E-state index is -0.0532. The molecule has 2 aliphatic rings. The van der Waals surface area contributed by atoms with Gasteiger partial charge in [0.2, 0.25) is 12.4 Å². The molecule has 128 valence electrons. The summed E-state index contributed by atoms with van der Waals surface area (Å²) in [5, 5.41) is 3.69. The van der Waals surface area contributed by atoms with Crippen LogP contribution < -0.4 is 20.3 Å². The van der Waals surface area contributed by atoms with E-state index in [0.717, 1.165) is 11.5 Å². The maximum Gasteiger partial charge on any atom is 0.247 e. The van der Waals surface area contributed by atoms with Crippen LogP contribution in [0.2, 0.25) is 0 Å². The van der Waals surface area contributed by atoms with Crippen molar-refractivity contribution in [3.8, 4) is 11.5 Å². The Labute approximate surface area is 142 Å². The van der Waals surface area contributed by atoms with E-state index in [2.05, 4.69) is 29.4 Å². The monoisotopic (exact) mass is 328 g/mol. The summed E-state index contributed by atoms with van der Waals surface area (Å²) < 4.78 is 10.7. The second-order valence-corrected chi connectivity index (χ2v) is 6.21. The minimum absolute atomic E-state index is 0.0532. The fourth-order valence-corrected chi connectivity index (χ4v) is 3.10. The van der Waals surface area contributed by atoms with Crippen molar-refractivity contribution < 1.29 is 9.47 Å². The predicted molar refractivity (Wildman–Crippen MR) is 93.4 cm³/mol. The van der Waals surface area contributed by atoms with Gasteiger partial charge in [-0.2, -0.15) is 0 Å². The summed E-state index contributed by atoms with van der Waals surface area (Å²) in [6.45, 7) is 2.57. The molecule has 24 heavy (non-hydrogen) atoms. The van der Waals surface area contributed by atoms with E-state index in [4.69, 9.17) is 9.47 Å². The van der Waals surface area contributed by atoms with Gasteiger partial charge < -0.3 is 19.8 Å². The number of hydrogen-bond acceptors (Lipinski definition) is 4. The highest BCUT2D eigenvalue weighted by Gasteiger charge is 2.19. The van der Waals surface area contributed by atoms with Gasteiger partial charge in [0.1, 0.15) is 0 Å². The number of aromatic nitrogens is 1. The molecule has 4 rings (SSSR count). The Balaban J connectivity index is 0.000000203. The Morgan fingerprint density at radius 1 is 1.12 bits per heavy atom. The molecule has 5 nitrogen and oxygen atoms in total. The number of hydrogen-bond donors (Lipinski definition) is 2. The van der Waals surface area contributed by atoms with E-state index in [-0.39, 0.29) is 5.56 Å². The highest BCUT2D eigenvalue weighted by molar-refractivity contribution is 5.45. The highest BCUT2D eigenvalue weighted by Crippen LogP contribution is 2.34. The predicted octanol–water partition coefficient (Wildman–Crippen LogP) is 3.38. The molecule has 0 bridgehead atoms. The Bertz CT molecular complexity index is 690. The molecule has 2 N–H and O–H groups in total. The van der Waals surface area contributed by atoms with Crippen molar-refractivity contribution in [3.05, 3.63) is 58.5 Å². The summed E-state index contributed by atoms with van der Waals surface area (Å²) in [5.41, 5.74) is 1.23. The van der Waals surface area contributed by atoms with Crippen LogP contribution in [0.3, 0.4) is 0 Å². The average Bonchev–Trinajstić information content (AvgIpc) is 3.26. The molecule has 1 saturated carbocycles. The Morgan fingerprint density at radius 3 is 2.58 bits per heavy atom. The summed E-state index contributed by atoms with van der Waals surface area (Å²) in [5.74, 6) is 1.74. The zero-order valence-corrected chi connectivity index (χ0v) is 14.0. The van der Waals surface area contributed by atoms with Crippen LogP contribution in [-0.4, -0.2) is 17.8 Å². The van der Waals surface area contributed by atoms with Crippen molar-refractivity contribution >= 4 is 0 Å². The van der Waals surface area contributed by atoms with Gasteiger partial charge in [-0.1, -0.05) is 25.0 Å². The van der Waals surface area contributed by atoms with Crippen LogP contribution in [0.4, 0.5) is 0 Å². The number of benzene rings is 1. The summed E-state index contributed by atoms with van der Waals surface area (Å²) in [6.07, 6.45) is 6.96. The van der Waals surface area contributed by atoms with Gasteiger partial charge in [0.25, 0.3) is 0 Å². The van der Waals surface area contributed by atoms with E-state index in [9.17, 15) is 4.79 Å². The van der Waals surface area contributed by atoms with Crippen molar-refractivity contribution in [2.24, 2.45) is 0 Å². The second-order valence-electron chi connectivity index (χ2n) is 6.21. The van der Waals surface area contributed by atoms with Crippen molar-refractivity contribution in [2.75, 3.05) is 6.79 Å². The molecule has 1 atom stereocenters. The van der Waals surface area contributed by atoms with E-state index < -0.39 is 0 Å². The van der Waals surface area contributed by atoms with Crippen LogP contribution in [-0.2, 0) is 0 Å². The van der Waals surface area contributed by atoms with E-state index in [1.165, 1.54) is 37.3 Å². The van der Waals surface area contributed by atoms with E-state index >= 15 is 0 Å². The van der Waals surface area contributed by atoms with Crippen LogP contribution in [0.5, 0.6) is 11.5 Å². The number of fused-ring (bicyclic) bond motifs is 1. The van der Waals surface area contributed by atoms with Crippen LogP contribution in [0.15, 0.2) is 47.4 Å². The smallest absolute Gasteiger partial charge is 0.247 e. The summed E-state index contributed by atoms with van der Waals surface area (Å²) in [6, 6.07) is 12.2. The van der Waals surface area contributed by atoms with E-state index in [1.54, 1.807) is 18.3 Å². The molecule has 0 amide bonds. The number of pyridine rings is 1. The van der Waals surface area contributed by atoms with Crippen molar-refractivity contribution in [2.45, 2.75) is 44.7 Å². The van der Waals surface area contributed by atoms with Crippen LogP contribution in [0.1, 0.15) is 44.2 Å². The number of aromatic amines is 1. The van der Waals surface area contributed by atoms with Crippen LogP contribution in [0.25, 0.3) is 0 Å². The van der Waals surface area contributed by atoms with Gasteiger partial charge in [0, 0.05) is 24.3 Å². The Hall–Kier alpha value is -2.27. The van der Waals surface area contributed by atoms with Gasteiger partial charge in [-0.3, -0.25) is 4.79 Å². The lowest BCUT2D eigenvalue weighted by atomic mass is 10.1. The quantitative estimate of drug-likeness (QED) is 0.906. The van der Waals surface area contributed by atoms with Crippen molar-refractivity contribution in [1.82, 2.24) is 10.3 Å².